The van der Waals surface area contributed by atoms with Gasteiger partial charge in [-0.05, 0) is 0 Å². The van der Waals surface area contributed by atoms with Crippen molar-refractivity contribution < 1.29 is 0 Å². The van der Waals surface area contributed by atoms with Crippen LogP contribution in [-0.4, -0.2) is 32.0 Å². The molecule has 0 spiro atoms. The molecule has 0 bridgehead atoms. The molecule has 4 radical (unpaired) electrons. The molecule has 0 heterocycles. The third kappa shape index (κ3) is 9.51. The van der Waals surface area contributed by atoms with Gasteiger partial charge in [-0.1, -0.05) is 0 Å². The van der Waals surface area contributed by atoms with Crippen molar-refractivity contribution in [3.63, 3.8) is 0 Å². The van der Waals surface area contributed by atoms with E-state index in [2.05, 4.69) is 0 Å². The van der Waals surface area contributed by atoms with Gasteiger partial charge in [0.25, 0.3) is 0 Å². The Hall–Kier alpha value is 1.60. The van der Waals surface area contributed by atoms with Crippen molar-refractivity contribution in [2.45, 2.75) is 0 Å². The van der Waals surface area contributed by atoms with Gasteiger partial charge in [0.15, 0.2) is 0 Å². The Morgan fingerprint density at radius 1 is 1.25 bits per heavy atom. The van der Waals surface area contributed by atoms with Crippen LogP contribution in [0.25, 0.3) is 0 Å². The van der Waals surface area contributed by atoms with Crippen LogP contribution >= 0.6 is 22.2 Å². The van der Waals surface area contributed by atoms with Crippen LogP contribution in [0.3, 0.4) is 0 Å². The summed E-state index contributed by atoms with van der Waals surface area (Å²) >= 11 is 9.81. The summed E-state index contributed by atoms with van der Waals surface area (Å²) in [4.78, 5) is 0. The van der Waals surface area contributed by atoms with Gasteiger partial charge in [0.1, 0.15) is 0 Å². The molecule has 0 aromatic rings. The first-order chi connectivity index (χ1) is 1.41. The summed E-state index contributed by atoms with van der Waals surface area (Å²) in [5.41, 5.74) is 0. The van der Waals surface area contributed by atoms with Crippen LogP contribution in [0.15, 0.2) is 0 Å². The molecule has 0 aromatic heterocycles. The van der Waals surface area contributed by atoms with E-state index in [0.29, 0.717) is 0 Å². The topological polar surface area (TPSA) is 0 Å². The maximum atomic E-state index is 4.90. The van der Waals surface area contributed by atoms with E-state index in [1.54, 1.807) is 0 Å². The molecular weight excluding hydrogens is 218 g/mol. The Morgan fingerprint density at radius 3 is 1.25 bits per heavy atom. The second kappa shape index (κ2) is 8.82. The molecule has 0 amide bonds. The van der Waals surface area contributed by atoms with Crippen molar-refractivity contribution in [1.82, 2.24) is 0 Å². The normalized spacial score (nSPS) is 4.50. The van der Waals surface area contributed by atoms with Crippen LogP contribution in [0.2, 0.25) is 0 Å². The van der Waals surface area contributed by atoms with Crippen molar-refractivity contribution in [2.24, 2.45) is 0 Å². The largest absolute Gasteiger partial charge is 0.222 e. The number of halogens is 2. The van der Waals surface area contributed by atoms with Gasteiger partial charge in [-0.25, -0.2) is 0 Å². The standard InChI is InChI=1S/Cl2H2Si.Sn/c1-3-2;/h3H2;. The maximum Gasteiger partial charge on any atom is 0.222 e. The molecule has 0 atom stereocenters. The third-order valence-electron chi connectivity index (χ3n) is 0. The minimum Gasteiger partial charge on any atom is -0.155 e. The summed E-state index contributed by atoms with van der Waals surface area (Å²) in [5.74, 6) is 0. The maximum absolute atomic E-state index is 4.90. The van der Waals surface area contributed by atoms with Crippen LogP contribution in [0.5, 0.6) is 0 Å². The Balaban J connectivity index is 0. The molecule has 0 N–H and O–H groups in total. The first kappa shape index (κ1) is 9.14. The number of rotatable bonds is 0. The zero-order chi connectivity index (χ0) is 2.71. The first-order valence-corrected chi connectivity index (χ1v) is 4.81. The van der Waals surface area contributed by atoms with E-state index in [1.807, 2.05) is 0 Å². The van der Waals surface area contributed by atoms with E-state index in [4.69, 9.17) is 22.2 Å². The number of hydrogen-bond acceptors (Lipinski definition) is 0. The van der Waals surface area contributed by atoms with E-state index in [-0.39, 0.29) is 23.9 Å². The zero-order valence-electron chi connectivity index (χ0n) is 1.96. The van der Waals surface area contributed by atoms with Crippen LogP contribution in [-0.2, 0) is 0 Å². The summed E-state index contributed by atoms with van der Waals surface area (Å²) in [6.45, 7) is 0. The molecular formula is H2Cl2SiSn. The fraction of sp³-hybridized carbons (Fsp3) is 0. The summed E-state index contributed by atoms with van der Waals surface area (Å²) < 4.78 is 0. The van der Waals surface area contributed by atoms with Gasteiger partial charge in [0.05, 0.1) is 0 Å². The molecule has 24 valence electrons. The van der Waals surface area contributed by atoms with E-state index >= 15 is 0 Å². The monoisotopic (exact) mass is 220 g/mol. The van der Waals surface area contributed by atoms with Gasteiger partial charge < -0.3 is 0 Å². The fourth-order valence-electron chi connectivity index (χ4n) is 0. The molecule has 0 unspecified atom stereocenters. The predicted octanol–water partition coefficient (Wildman–Crippen LogP) is 0.0820. The van der Waals surface area contributed by atoms with E-state index in [0.717, 1.165) is 0 Å². The number of hydrogen-bond donors (Lipinski definition) is 0. The zero-order valence-corrected chi connectivity index (χ0v) is 7.74. The fourth-order valence-corrected chi connectivity index (χ4v) is 0. The Labute approximate surface area is 54.0 Å². The second-order valence-electron chi connectivity index (χ2n) is 0.101. The smallest absolute Gasteiger partial charge is 0.155 e. The molecule has 0 aliphatic rings. The predicted molar refractivity (Wildman–Crippen MR) is 26.0 cm³/mol. The van der Waals surface area contributed by atoms with Gasteiger partial charge in [-0.3, -0.25) is 0 Å². The van der Waals surface area contributed by atoms with Crippen molar-refractivity contribution >= 4 is 54.2 Å². The van der Waals surface area contributed by atoms with Crippen molar-refractivity contribution in [2.75, 3.05) is 0 Å². The van der Waals surface area contributed by atoms with Gasteiger partial charge in [0, 0.05) is 23.9 Å². The Morgan fingerprint density at radius 2 is 1.25 bits per heavy atom. The van der Waals surface area contributed by atoms with Crippen LogP contribution in [0.4, 0.5) is 0 Å². The molecule has 4 heteroatoms. The molecule has 0 aromatic carbocycles. The van der Waals surface area contributed by atoms with Crippen LogP contribution < -0.4 is 0 Å². The third-order valence-corrected chi connectivity index (χ3v) is 0. The van der Waals surface area contributed by atoms with E-state index < -0.39 is 8.14 Å². The second-order valence-corrected chi connectivity index (χ2v) is 2.73. The van der Waals surface area contributed by atoms with Crippen molar-refractivity contribution in [1.29, 1.82) is 0 Å². The van der Waals surface area contributed by atoms with Gasteiger partial charge in [-0.2, -0.15) is 22.2 Å². The summed E-state index contributed by atoms with van der Waals surface area (Å²) in [7, 11) is -0.639. The van der Waals surface area contributed by atoms with Crippen LogP contribution in [0.1, 0.15) is 0 Å². The SMILES string of the molecule is Cl[SiH2]Cl.[Sn]. The Kier molecular flexibility index (Phi) is 20.2. The molecule has 0 nitrogen and oxygen atoms in total. The molecule has 4 heavy (non-hydrogen) atoms. The van der Waals surface area contributed by atoms with Crippen molar-refractivity contribution in [3.05, 3.63) is 0 Å². The summed E-state index contributed by atoms with van der Waals surface area (Å²) in [6, 6.07) is 0. The first-order valence-electron chi connectivity index (χ1n) is 0.535. The van der Waals surface area contributed by atoms with E-state index in [1.165, 1.54) is 0 Å². The minimum atomic E-state index is -0.639. The molecule has 0 rings (SSSR count). The summed E-state index contributed by atoms with van der Waals surface area (Å²) in [5, 5.41) is 0. The summed E-state index contributed by atoms with van der Waals surface area (Å²) in [6.07, 6.45) is 0. The quantitative estimate of drug-likeness (QED) is 0.400. The van der Waals surface area contributed by atoms with Crippen LogP contribution in [0, 0.1) is 0 Å². The molecule has 0 aliphatic carbocycles. The Bertz CT molecular complexity index is 6.00. The van der Waals surface area contributed by atoms with Gasteiger partial charge >= 0.3 is 0 Å². The molecule has 0 saturated carbocycles. The average Bonchev–Trinajstić information content (AvgIpc) is 0.918. The van der Waals surface area contributed by atoms with Gasteiger partial charge in [-0.15, -0.1) is 0 Å². The molecule has 0 saturated heterocycles. The van der Waals surface area contributed by atoms with E-state index in [9.17, 15) is 0 Å². The minimum absolute atomic E-state index is 0. The molecule has 0 fully saturated rings. The van der Waals surface area contributed by atoms with Gasteiger partial charge in [0.2, 0.25) is 8.14 Å². The van der Waals surface area contributed by atoms with Crippen molar-refractivity contribution in [3.8, 4) is 0 Å². The average molecular weight is 220 g/mol. The molecule has 0 aliphatic heterocycles.